The Labute approximate surface area is 241 Å². The molecule has 0 unspecified atom stereocenters. The molecule has 0 fully saturated rings. The van der Waals surface area contributed by atoms with E-state index in [-0.39, 0.29) is 35.4 Å². The van der Waals surface area contributed by atoms with E-state index in [2.05, 4.69) is 21.2 Å². The molecule has 0 saturated heterocycles. The Morgan fingerprint density at radius 1 is 1.02 bits per heavy atom. The Hall–Kier alpha value is -3.64. The molecular formula is C28H29BrFN3O6S. The summed E-state index contributed by atoms with van der Waals surface area (Å²) in [6.45, 7) is 3.73. The number of amides is 2. The van der Waals surface area contributed by atoms with Crippen LogP contribution in [0.2, 0.25) is 0 Å². The van der Waals surface area contributed by atoms with E-state index >= 15 is 0 Å². The molecule has 0 aromatic heterocycles. The van der Waals surface area contributed by atoms with Gasteiger partial charge in [0.15, 0.2) is 11.5 Å². The van der Waals surface area contributed by atoms with Crippen LogP contribution in [0.25, 0.3) is 0 Å². The Kier molecular flexibility index (Phi) is 9.31. The molecule has 1 aliphatic heterocycles. The first kappa shape index (κ1) is 29.3. The number of carbonyl (C=O) groups excluding carboxylic acids is 2. The van der Waals surface area contributed by atoms with Crippen LogP contribution in [0.15, 0.2) is 76.1 Å². The van der Waals surface area contributed by atoms with Gasteiger partial charge in [-0.15, -0.1) is 0 Å². The molecule has 1 atom stereocenters. The average Bonchev–Trinajstić information content (AvgIpc) is 2.94. The molecule has 40 heavy (non-hydrogen) atoms. The number of hydrogen-bond acceptors (Lipinski definition) is 6. The summed E-state index contributed by atoms with van der Waals surface area (Å²) in [5, 5.41) is 2.71. The van der Waals surface area contributed by atoms with Gasteiger partial charge in [0, 0.05) is 23.6 Å². The normalized spacial score (nSPS) is 13.3. The number of ether oxygens (including phenoxy) is 2. The van der Waals surface area contributed by atoms with Crippen molar-refractivity contribution in [2.45, 2.75) is 31.3 Å². The van der Waals surface area contributed by atoms with Gasteiger partial charge in [0.05, 0.1) is 10.6 Å². The van der Waals surface area contributed by atoms with Crippen LogP contribution in [-0.4, -0.2) is 57.5 Å². The lowest BCUT2D eigenvalue weighted by Gasteiger charge is -2.32. The summed E-state index contributed by atoms with van der Waals surface area (Å²) < 4.78 is 54.4. The average molecular weight is 635 g/mol. The van der Waals surface area contributed by atoms with Gasteiger partial charge in [0.2, 0.25) is 11.8 Å². The smallest absolute Gasteiger partial charge is 0.264 e. The second kappa shape index (κ2) is 12.7. The van der Waals surface area contributed by atoms with Gasteiger partial charge in [-0.1, -0.05) is 28.1 Å². The van der Waals surface area contributed by atoms with Crippen molar-refractivity contribution in [3.05, 3.63) is 82.6 Å². The van der Waals surface area contributed by atoms with Crippen molar-refractivity contribution in [1.29, 1.82) is 0 Å². The standard InChI is InChI=1S/C28H29BrFN3O6S/c1-3-31-28(35)19(2)32(17-20-5-4-6-21(29)15-20)27(34)18-33(23-9-7-22(30)8-10-23)40(36,37)24-11-12-25-26(16-24)39-14-13-38-25/h4-12,15-16,19H,3,13-14,17-18H2,1-2H3,(H,31,35)/t19-/m1/s1. The summed E-state index contributed by atoms with van der Waals surface area (Å²) in [5.41, 5.74) is 0.819. The lowest BCUT2D eigenvalue weighted by molar-refractivity contribution is -0.139. The lowest BCUT2D eigenvalue weighted by atomic mass is 10.1. The van der Waals surface area contributed by atoms with Crippen molar-refractivity contribution in [2.75, 3.05) is 30.6 Å². The maximum Gasteiger partial charge on any atom is 0.264 e. The molecule has 12 heteroatoms. The van der Waals surface area contributed by atoms with Gasteiger partial charge < -0.3 is 19.7 Å². The maximum atomic E-state index is 14.0. The predicted octanol–water partition coefficient (Wildman–Crippen LogP) is 4.11. The molecule has 3 aromatic carbocycles. The van der Waals surface area contributed by atoms with Gasteiger partial charge in [-0.2, -0.15) is 0 Å². The molecule has 4 rings (SSSR count). The first-order valence-corrected chi connectivity index (χ1v) is 14.8. The monoisotopic (exact) mass is 633 g/mol. The number of fused-ring (bicyclic) bond motifs is 1. The number of rotatable bonds is 10. The highest BCUT2D eigenvalue weighted by Crippen LogP contribution is 2.34. The molecule has 3 aromatic rings. The van der Waals surface area contributed by atoms with Gasteiger partial charge >= 0.3 is 0 Å². The first-order chi connectivity index (χ1) is 19.1. The molecule has 2 amide bonds. The third kappa shape index (κ3) is 6.73. The van der Waals surface area contributed by atoms with E-state index < -0.39 is 34.3 Å². The number of benzene rings is 3. The number of likely N-dealkylation sites (N-methyl/N-ethyl adjacent to an activating group) is 1. The second-order valence-corrected chi connectivity index (χ2v) is 11.8. The van der Waals surface area contributed by atoms with Crippen LogP contribution in [0.4, 0.5) is 10.1 Å². The largest absolute Gasteiger partial charge is 0.486 e. The zero-order valence-corrected chi connectivity index (χ0v) is 24.4. The molecule has 9 nitrogen and oxygen atoms in total. The number of nitrogens with zero attached hydrogens (tertiary/aromatic N) is 2. The highest BCUT2D eigenvalue weighted by molar-refractivity contribution is 9.10. The SMILES string of the molecule is CCNC(=O)[C@@H](C)N(Cc1cccc(Br)c1)C(=O)CN(c1ccc(F)cc1)S(=O)(=O)c1ccc2c(c1)OCCO2. The minimum Gasteiger partial charge on any atom is -0.486 e. The number of anilines is 1. The highest BCUT2D eigenvalue weighted by atomic mass is 79.9. The maximum absolute atomic E-state index is 14.0. The van der Waals surface area contributed by atoms with Crippen LogP contribution in [0, 0.1) is 5.82 Å². The molecule has 0 radical (unpaired) electrons. The molecule has 1 heterocycles. The fourth-order valence-corrected chi connectivity index (χ4v) is 6.06. The molecule has 0 spiro atoms. The number of hydrogen-bond donors (Lipinski definition) is 1. The van der Waals surface area contributed by atoms with E-state index in [1.54, 1.807) is 26.0 Å². The van der Waals surface area contributed by atoms with Crippen molar-refractivity contribution >= 4 is 43.5 Å². The van der Waals surface area contributed by atoms with Gasteiger partial charge in [0.1, 0.15) is 31.6 Å². The third-order valence-corrected chi connectivity index (χ3v) is 8.52. The van der Waals surface area contributed by atoms with Crippen molar-refractivity contribution < 1.29 is 31.9 Å². The Balaban J connectivity index is 1.72. The van der Waals surface area contributed by atoms with E-state index in [1.165, 1.54) is 35.2 Å². The lowest BCUT2D eigenvalue weighted by Crippen LogP contribution is -2.51. The Morgan fingerprint density at radius 2 is 1.73 bits per heavy atom. The number of nitrogens with one attached hydrogen (secondary N) is 1. The molecule has 0 aliphatic carbocycles. The minimum atomic E-state index is -4.35. The fraction of sp³-hybridized carbons (Fsp3) is 0.286. The minimum absolute atomic E-state index is 0.0535. The van der Waals surface area contributed by atoms with Crippen molar-refractivity contribution in [1.82, 2.24) is 10.2 Å². The van der Waals surface area contributed by atoms with Crippen molar-refractivity contribution in [3.8, 4) is 11.5 Å². The van der Waals surface area contributed by atoms with Crippen LogP contribution in [0.5, 0.6) is 11.5 Å². The molecule has 0 saturated carbocycles. The van der Waals surface area contributed by atoms with Crippen molar-refractivity contribution in [3.63, 3.8) is 0 Å². The first-order valence-electron chi connectivity index (χ1n) is 12.6. The van der Waals surface area contributed by atoms with Gasteiger partial charge in [-0.25, -0.2) is 12.8 Å². The van der Waals surface area contributed by atoms with Gasteiger partial charge in [-0.3, -0.25) is 13.9 Å². The molecule has 0 bridgehead atoms. The zero-order valence-electron chi connectivity index (χ0n) is 22.0. The number of halogens is 2. The molecular weight excluding hydrogens is 605 g/mol. The van der Waals surface area contributed by atoms with E-state index in [0.717, 1.165) is 26.5 Å². The van der Waals surface area contributed by atoms with Crippen LogP contribution in [0.3, 0.4) is 0 Å². The fourth-order valence-electron chi connectivity index (χ4n) is 4.18. The summed E-state index contributed by atoms with van der Waals surface area (Å²) in [6, 6.07) is 15.3. The van der Waals surface area contributed by atoms with Crippen LogP contribution >= 0.6 is 15.9 Å². The summed E-state index contributed by atoms with van der Waals surface area (Å²) in [4.78, 5) is 27.8. The van der Waals surface area contributed by atoms with E-state index in [9.17, 15) is 22.4 Å². The van der Waals surface area contributed by atoms with Gasteiger partial charge in [-0.05, 0) is 67.9 Å². The molecule has 1 N–H and O–H groups in total. The quantitative estimate of drug-likeness (QED) is 0.360. The Morgan fingerprint density at radius 3 is 2.40 bits per heavy atom. The summed E-state index contributed by atoms with van der Waals surface area (Å²) in [5.74, 6) is -0.893. The Bertz CT molecular complexity index is 1490. The highest BCUT2D eigenvalue weighted by Gasteiger charge is 2.33. The van der Waals surface area contributed by atoms with Crippen LogP contribution < -0.4 is 19.1 Å². The van der Waals surface area contributed by atoms with Crippen LogP contribution in [0.1, 0.15) is 19.4 Å². The third-order valence-electron chi connectivity index (χ3n) is 6.26. The topological polar surface area (TPSA) is 105 Å². The van der Waals surface area contributed by atoms with E-state index in [0.29, 0.717) is 18.9 Å². The number of carbonyl (C=O) groups is 2. The van der Waals surface area contributed by atoms with E-state index in [1.807, 2.05) is 12.1 Å². The second-order valence-electron chi connectivity index (χ2n) is 9.02. The predicted molar refractivity (Wildman–Crippen MR) is 151 cm³/mol. The summed E-state index contributed by atoms with van der Waals surface area (Å²) in [6.07, 6.45) is 0. The summed E-state index contributed by atoms with van der Waals surface area (Å²) >= 11 is 3.41. The molecule has 1 aliphatic rings. The molecule has 212 valence electrons. The van der Waals surface area contributed by atoms with Gasteiger partial charge in [0.25, 0.3) is 10.0 Å². The number of sulfonamides is 1. The summed E-state index contributed by atoms with van der Waals surface area (Å²) in [7, 11) is -4.35. The van der Waals surface area contributed by atoms with E-state index in [4.69, 9.17) is 9.47 Å². The van der Waals surface area contributed by atoms with Crippen LogP contribution in [-0.2, 0) is 26.2 Å². The zero-order chi connectivity index (χ0) is 28.9. The van der Waals surface area contributed by atoms with Crippen molar-refractivity contribution in [2.24, 2.45) is 0 Å².